The van der Waals surface area contributed by atoms with Crippen LogP contribution >= 0.6 is 11.6 Å². The maximum atomic E-state index is 6.11. The molecule has 1 unspecified atom stereocenters. The molecule has 0 aliphatic rings. The first-order chi connectivity index (χ1) is 8.24. The summed E-state index contributed by atoms with van der Waals surface area (Å²) in [6.07, 6.45) is 1.10. The SMILES string of the molecule is CC(C)(C)CC(C)(C)C(CCl)Oc1ccccc1. The maximum Gasteiger partial charge on any atom is 0.119 e. The van der Waals surface area contributed by atoms with Crippen LogP contribution in [0.1, 0.15) is 41.0 Å². The minimum Gasteiger partial charge on any atom is -0.489 e. The molecular weight excluding hydrogens is 244 g/mol. The topological polar surface area (TPSA) is 9.23 Å². The van der Waals surface area contributed by atoms with Gasteiger partial charge < -0.3 is 4.74 Å². The maximum absolute atomic E-state index is 6.11. The molecule has 0 aliphatic carbocycles. The van der Waals surface area contributed by atoms with Crippen molar-refractivity contribution in [2.75, 3.05) is 5.88 Å². The molecule has 0 aliphatic heterocycles. The predicted molar refractivity (Wildman–Crippen MR) is 79.4 cm³/mol. The second kappa shape index (κ2) is 5.97. The van der Waals surface area contributed by atoms with Crippen LogP contribution in [-0.2, 0) is 0 Å². The third kappa shape index (κ3) is 4.89. The van der Waals surface area contributed by atoms with Gasteiger partial charge in [-0.25, -0.2) is 0 Å². The zero-order chi connectivity index (χ0) is 13.8. The molecule has 1 aromatic rings. The van der Waals surface area contributed by atoms with Crippen molar-refractivity contribution in [1.82, 2.24) is 0 Å². The van der Waals surface area contributed by atoms with Gasteiger partial charge in [-0.1, -0.05) is 52.8 Å². The van der Waals surface area contributed by atoms with Gasteiger partial charge in [-0.05, 0) is 24.0 Å². The molecule has 1 nitrogen and oxygen atoms in total. The fraction of sp³-hybridized carbons (Fsp3) is 0.625. The summed E-state index contributed by atoms with van der Waals surface area (Å²) in [5, 5.41) is 0. The molecule has 1 atom stereocenters. The van der Waals surface area contributed by atoms with Crippen LogP contribution in [-0.4, -0.2) is 12.0 Å². The molecule has 0 bridgehead atoms. The summed E-state index contributed by atoms with van der Waals surface area (Å²) in [6.45, 7) is 11.2. The average molecular weight is 269 g/mol. The molecule has 0 saturated heterocycles. The molecule has 1 rings (SSSR count). The number of hydrogen-bond acceptors (Lipinski definition) is 1. The monoisotopic (exact) mass is 268 g/mol. The Balaban J connectivity index is 2.76. The fourth-order valence-corrected chi connectivity index (χ4v) is 3.02. The first kappa shape index (κ1) is 15.4. The van der Waals surface area contributed by atoms with E-state index >= 15 is 0 Å². The lowest BCUT2D eigenvalue weighted by Crippen LogP contribution is -2.39. The zero-order valence-corrected chi connectivity index (χ0v) is 12.9. The van der Waals surface area contributed by atoms with Gasteiger partial charge in [0.05, 0.1) is 5.88 Å². The molecule has 0 fully saturated rings. The van der Waals surface area contributed by atoms with Crippen molar-refractivity contribution in [3.05, 3.63) is 30.3 Å². The van der Waals surface area contributed by atoms with Crippen LogP contribution in [0, 0.1) is 10.8 Å². The Morgan fingerprint density at radius 3 is 2.06 bits per heavy atom. The van der Waals surface area contributed by atoms with Crippen molar-refractivity contribution >= 4 is 11.6 Å². The quantitative estimate of drug-likeness (QED) is 0.672. The van der Waals surface area contributed by atoms with E-state index in [1.807, 2.05) is 30.3 Å². The number of halogens is 1. The minimum absolute atomic E-state index is 0.0285. The van der Waals surface area contributed by atoms with Crippen molar-refractivity contribution in [3.8, 4) is 5.75 Å². The Hall–Kier alpha value is -0.690. The van der Waals surface area contributed by atoms with E-state index in [4.69, 9.17) is 16.3 Å². The van der Waals surface area contributed by atoms with Crippen LogP contribution < -0.4 is 4.74 Å². The molecule has 102 valence electrons. The summed E-state index contributed by atoms with van der Waals surface area (Å²) in [5.74, 6) is 1.41. The number of hydrogen-bond donors (Lipinski definition) is 0. The highest BCUT2D eigenvalue weighted by atomic mass is 35.5. The summed E-state index contributed by atoms with van der Waals surface area (Å²) in [5.41, 5.74) is 0.323. The Bertz CT molecular complexity index is 351. The Labute approximate surface area is 116 Å². The smallest absolute Gasteiger partial charge is 0.119 e. The molecular formula is C16H25ClO. The summed E-state index contributed by atoms with van der Waals surface area (Å²) in [6, 6.07) is 9.91. The van der Waals surface area contributed by atoms with Gasteiger partial charge in [0, 0.05) is 5.41 Å². The van der Waals surface area contributed by atoms with Gasteiger partial charge in [0.15, 0.2) is 0 Å². The Morgan fingerprint density at radius 1 is 1.06 bits per heavy atom. The standard InChI is InChI=1S/C16H25ClO/c1-15(2,3)12-16(4,5)14(11-17)18-13-9-7-6-8-10-13/h6-10,14H,11-12H2,1-5H3. The van der Waals surface area contributed by atoms with Gasteiger partial charge in [0.2, 0.25) is 0 Å². The third-order valence-electron chi connectivity index (χ3n) is 3.02. The first-order valence-corrected chi connectivity index (χ1v) is 7.06. The van der Waals surface area contributed by atoms with E-state index < -0.39 is 0 Å². The van der Waals surface area contributed by atoms with E-state index in [9.17, 15) is 0 Å². The fourth-order valence-electron chi connectivity index (χ4n) is 2.54. The van der Waals surface area contributed by atoms with Crippen LogP contribution in [0.25, 0.3) is 0 Å². The molecule has 0 amide bonds. The number of rotatable bonds is 5. The first-order valence-electron chi connectivity index (χ1n) is 6.52. The van der Waals surface area contributed by atoms with Gasteiger partial charge >= 0.3 is 0 Å². The predicted octanol–water partition coefficient (Wildman–Crippen LogP) is 5.14. The summed E-state index contributed by atoms with van der Waals surface area (Å²) in [7, 11) is 0. The van der Waals surface area contributed by atoms with Crippen LogP contribution in [0.15, 0.2) is 30.3 Å². The molecule has 0 aromatic heterocycles. The van der Waals surface area contributed by atoms with Gasteiger partial charge in [0.25, 0.3) is 0 Å². The van der Waals surface area contributed by atoms with Crippen molar-refractivity contribution in [3.63, 3.8) is 0 Å². The summed E-state index contributed by atoms with van der Waals surface area (Å²) < 4.78 is 6.04. The second-order valence-corrected chi connectivity index (χ2v) is 7.11. The Morgan fingerprint density at radius 2 is 1.61 bits per heavy atom. The minimum atomic E-state index is 0.0285. The summed E-state index contributed by atoms with van der Waals surface area (Å²) >= 11 is 6.11. The van der Waals surface area contributed by atoms with Gasteiger partial charge in [-0.3, -0.25) is 0 Å². The van der Waals surface area contributed by atoms with E-state index in [0.717, 1.165) is 12.2 Å². The second-order valence-electron chi connectivity index (χ2n) is 6.80. The number of ether oxygens (including phenoxy) is 1. The third-order valence-corrected chi connectivity index (χ3v) is 3.30. The average Bonchev–Trinajstić information content (AvgIpc) is 2.23. The van der Waals surface area contributed by atoms with E-state index in [-0.39, 0.29) is 16.9 Å². The molecule has 0 spiro atoms. The van der Waals surface area contributed by atoms with Gasteiger partial charge in [-0.2, -0.15) is 0 Å². The molecule has 2 heteroatoms. The number of para-hydroxylation sites is 1. The lowest BCUT2D eigenvalue weighted by molar-refractivity contribution is 0.0557. The molecule has 0 heterocycles. The lowest BCUT2D eigenvalue weighted by Gasteiger charge is -2.38. The number of alkyl halides is 1. The molecule has 0 radical (unpaired) electrons. The highest BCUT2D eigenvalue weighted by Gasteiger charge is 2.34. The Kier molecular flexibility index (Phi) is 5.10. The molecule has 0 N–H and O–H groups in total. The zero-order valence-electron chi connectivity index (χ0n) is 12.2. The van der Waals surface area contributed by atoms with Crippen molar-refractivity contribution in [1.29, 1.82) is 0 Å². The van der Waals surface area contributed by atoms with Crippen LogP contribution in [0.4, 0.5) is 0 Å². The highest BCUT2D eigenvalue weighted by Crippen LogP contribution is 2.37. The highest BCUT2D eigenvalue weighted by molar-refractivity contribution is 6.18. The van der Waals surface area contributed by atoms with Crippen molar-refractivity contribution in [2.45, 2.75) is 47.1 Å². The lowest BCUT2D eigenvalue weighted by atomic mass is 9.73. The van der Waals surface area contributed by atoms with E-state index in [1.165, 1.54) is 0 Å². The van der Waals surface area contributed by atoms with Crippen LogP contribution in [0.2, 0.25) is 0 Å². The van der Waals surface area contributed by atoms with E-state index in [2.05, 4.69) is 34.6 Å². The molecule has 0 saturated carbocycles. The molecule has 18 heavy (non-hydrogen) atoms. The van der Waals surface area contributed by atoms with Crippen LogP contribution in [0.3, 0.4) is 0 Å². The normalized spacial score (nSPS) is 14.3. The van der Waals surface area contributed by atoms with E-state index in [0.29, 0.717) is 5.88 Å². The van der Waals surface area contributed by atoms with Crippen molar-refractivity contribution < 1.29 is 4.74 Å². The van der Waals surface area contributed by atoms with Gasteiger partial charge in [-0.15, -0.1) is 11.6 Å². The van der Waals surface area contributed by atoms with E-state index in [1.54, 1.807) is 0 Å². The number of benzene rings is 1. The van der Waals surface area contributed by atoms with Crippen LogP contribution in [0.5, 0.6) is 5.75 Å². The molecule has 1 aromatic carbocycles. The van der Waals surface area contributed by atoms with Crippen molar-refractivity contribution in [2.24, 2.45) is 10.8 Å². The largest absolute Gasteiger partial charge is 0.489 e. The summed E-state index contributed by atoms with van der Waals surface area (Å²) in [4.78, 5) is 0. The van der Waals surface area contributed by atoms with Gasteiger partial charge in [0.1, 0.15) is 11.9 Å².